The van der Waals surface area contributed by atoms with Crippen LogP contribution in [0, 0.1) is 6.92 Å². The van der Waals surface area contributed by atoms with E-state index in [0.717, 1.165) is 10.9 Å². The second-order valence-electron chi connectivity index (χ2n) is 5.42. The van der Waals surface area contributed by atoms with E-state index in [1.807, 2.05) is 6.92 Å². The van der Waals surface area contributed by atoms with E-state index in [2.05, 4.69) is 10.1 Å². The van der Waals surface area contributed by atoms with Crippen LogP contribution in [0.3, 0.4) is 0 Å². The number of nitrogens with one attached hydrogen (secondary N) is 1. The lowest BCUT2D eigenvalue weighted by atomic mass is 10.1. The minimum Gasteiger partial charge on any atom is -0.481 e. The number of carbonyl (C=O) groups is 2. The number of benzene rings is 1. The molecule has 2 aromatic rings. The quantitative estimate of drug-likeness (QED) is 0.659. The largest absolute Gasteiger partial charge is 0.481 e. The number of aryl methyl sites for hydroxylation is 1. The summed E-state index contributed by atoms with van der Waals surface area (Å²) in [5.41, 5.74) is 0.730. The standard InChI is InChI=1S/C17H19NO6/c1-9-7-15(19)24-14-8-12(5-6-13(9)14)23-11(3)16(20)18-10(2)17(21)22-4/h5-8,10-11H,1-4H3,(H,18,20)/t10-,11?/m0/s1. The number of ether oxygens (including phenoxy) is 2. The number of rotatable bonds is 5. The van der Waals surface area contributed by atoms with Gasteiger partial charge >= 0.3 is 11.6 Å². The Morgan fingerprint density at radius 1 is 1.21 bits per heavy atom. The average molecular weight is 333 g/mol. The third-order valence-corrected chi connectivity index (χ3v) is 3.52. The first-order chi connectivity index (χ1) is 11.3. The van der Waals surface area contributed by atoms with Crippen molar-refractivity contribution >= 4 is 22.8 Å². The molecule has 1 aromatic heterocycles. The SMILES string of the molecule is COC(=O)[C@H](C)NC(=O)C(C)Oc1ccc2c(C)cc(=O)oc2c1. The van der Waals surface area contributed by atoms with Gasteiger partial charge in [0, 0.05) is 17.5 Å². The Kier molecular flexibility index (Phi) is 5.23. The van der Waals surface area contributed by atoms with Gasteiger partial charge in [-0.05, 0) is 38.5 Å². The van der Waals surface area contributed by atoms with Crippen LogP contribution in [-0.4, -0.2) is 31.1 Å². The number of fused-ring (bicyclic) bond motifs is 1. The third kappa shape index (κ3) is 3.92. The summed E-state index contributed by atoms with van der Waals surface area (Å²) in [5.74, 6) is -0.623. The highest BCUT2D eigenvalue weighted by molar-refractivity contribution is 5.87. The van der Waals surface area contributed by atoms with E-state index in [1.165, 1.54) is 20.1 Å². The van der Waals surface area contributed by atoms with Crippen LogP contribution in [0.5, 0.6) is 5.75 Å². The van der Waals surface area contributed by atoms with E-state index in [0.29, 0.717) is 11.3 Å². The maximum absolute atomic E-state index is 12.0. The van der Waals surface area contributed by atoms with Crippen LogP contribution in [0.25, 0.3) is 11.0 Å². The van der Waals surface area contributed by atoms with Crippen LogP contribution < -0.4 is 15.7 Å². The lowest BCUT2D eigenvalue weighted by molar-refractivity contribution is -0.145. The van der Waals surface area contributed by atoms with E-state index in [9.17, 15) is 14.4 Å². The fraction of sp³-hybridized carbons (Fsp3) is 0.353. The molecule has 0 saturated carbocycles. The molecule has 7 nitrogen and oxygen atoms in total. The highest BCUT2D eigenvalue weighted by Gasteiger charge is 2.21. The van der Waals surface area contributed by atoms with Crippen LogP contribution in [0.1, 0.15) is 19.4 Å². The number of hydrogen-bond donors (Lipinski definition) is 1. The molecule has 1 aromatic carbocycles. The number of hydrogen-bond acceptors (Lipinski definition) is 6. The van der Waals surface area contributed by atoms with E-state index in [-0.39, 0.29) is 0 Å². The zero-order valence-electron chi connectivity index (χ0n) is 13.9. The Balaban J connectivity index is 2.12. The molecule has 0 aliphatic carbocycles. The molecule has 0 saturated heterocycles. The summed E-state index contributed by atoms with van der Waals surface area (Å²) in [7, 11) is 1.25. The monoisotopic (exact) mass is 333 g/mol. The summed E-state index contributed by atoms with van der Waals surface area (Å²) in [6.45, 7) is 4.88. The normalized spacial score (nSPS) is 13.2. The molecule has 1 unspecified atom stereocenters. The number of esters is 1. The molecule has 0 bridgehead atoms. The summed E-state index contributed by atoms with van der Waals surface area (Å²) >= 11 is 0. The van der Waals surface area contributed by atoms with Crippen molar-refractivity contribution in [3.8, 4) is 5.75 Å². The number of methoxy groups -OCH3 is 1. The highest BCUT2D eigenvalue weighted by atomic mass is 16.5. The van der Waals surface area contributed by atoms with Crippen molar-refractivity contribution in [2.24, 2.45) is 0 Å². The second-order valence-corrected chi connectivity index (χ2v) is 5.42. The minimum atomic E-state index is -0.842. The predicted molar refractivity (Wildman–Crippen MR) is 86.9 cm³/mol. The fourth-order valence-electron chi connectivity index (χ4n) is 2.20. The summed E-state index contributed by atoms with van der Waals surface area (Å²) in [6.07, 6.45) is -0.842. The molecule has 2 rings (SSSR count). The van der Waals surface area contributed by atoms with E-state index >= 15 is 0 Å². The Morgan fingerprint density at radius 2 is 1.92 bits per heavy atom. The van der Waals surface area contributed by atoms with Crippen LogP contribution in [0.2, 0.25) is 0 Å². The van der Waals surface area contributed by atoms with Gasteiger partial charge in [0.2, 0.25) is 0 Å². The maximum Gasteiger partial charge on any atom is 0.336 e. The van der Waals surface area contributed by atoms with Crippen molar-refractivity contribution in [3.63, 3.8) is 0 Å². The van der Waals surface area contributed by atoms with Gasteiger partial charge in [0.05, 0.1) is 7.11 Å². The van der Waals surface area contributed by atoms with Crippen molar-refractivity contribution in [1.29, 1.82) is 0 Å². The van der Waals surface area contributed by atoms with Crippen molar-refractivity contribution in [1.82, 2.24) is 5.32 Å². The third-order valence-electron chi connectivity index (χ3n) is 3.52. The van der Waals surface area contributed by atoms with Crippen LogP contribution >= 0.6 is 0 Å². The Morgan fingerprint density at radius 3 is 2.58 bits per heavy atom. The molecule has 1 amide bonds. The van der Waals surface area contributed by atoms with Gasteiger partial charge in [-0.1, -0.05) is 0 Å². The average Bonchev–Trinajstić information content (AvgIpc) is 2.53. The highest BCUT2D eigenvalue weighted by Crippen LogP contribution is 2.23. The molecule has 0 fully saturated rings. The van der Waals surface area contributed by atoms with Crippen LogP contribution in [0.15, 0.2) is 33.5 Å². The van der Waals surface area contributed by atoms with Crippen LogP contribution in [0.4, 0.5) is 0 Å². The topological polar surface area (TPSA) is 94.8 Å². The van der Waals surface area contributed by atoms with Crippen molar-refractivity contribution in [2.45, 2.75) is 32.9 Å². The van der Waals surface area contributed by atoms with E-state index in [4.69, 9.17) is 9.15 Å². The summed E-state index contributed by atoms with van der Waals surface area (Å²) in [5, 5.41) is 3.28. The van der Waals surface area contributed by atoms with Crippen molar-refractivity contribution in [3.05, 3.63) is 40.2 Å². The molecule has 7 heteroatoms. The molecule has 128 valence electrons. The lowest BCUT2D eigenvalue weighted by Gasteiger charge is -2.17. The van der Waals surface area contributed by atoms with Crippen molar-refractivity contribution < 1.29 is 23.5 Å². The molecule has 1 N–H and O–H groups in total. The van der Waals surface area contributed by atoms with Gasteiger partial charge in [0.15, 0.2) is 6.10 Å². The zero-order chi connectivity index (χ0) is 17.9. The summed E-state index contributed by atoms with van der Waals surface area (Å²) in [4.78, 5) is 34.8. The first-order valence-corrected chi connectivity index (χ1v) is 7.41. The molecule has 0 aliphatic heterocycles. The maximum atomic E-state index is 12.0. The molecule has 2 atom stereocenters. The summed E-state index contributed by atoms with van der Waals surface area (Å²) < 4.78 is 15.2. The van der Waals surface area contributed by atoms with Crippen molar-refractivity contribution in [2.75, 3.05) is 7.11 Å². The first kappa shape index (κ1) is 17.5. The number of carbonyl (C=O) groups excluding carboxylic acids is 2. The lowest BCUT2D eigenvalue weighted by Crippen LogP contribution is -2.45. The Labute approximate surface area is 138 Å². The Bertz CT molecular complexity index is 825. The molecule has 24 heavy (non-hydrogen) atoms. The molecular formula is C17H19NO6. The van der Waals surface area contributed by atoms with Gasteiger partial charge in [-0.25, -0.2) is 9.59 Å². The molecule has 0 aliphatic rings. The smallest absolute Gasteiger partial charge is 0.336 e. The van der Waals surface area contributed by atoms with Gasteiger partial charge in [-0.3, -0.25) is 4.79 Å². The predicted octanol–water partition coefficient (Wildman–Crippen LogP) is 1.55. The van der Waals surface area contributed by atoms with Gasteiger partial charge in [-0.15, -0.1) is 0 Å². The second kappa shape index (κ2) is 7.16. The number of amides is 1. The summed E-state index contributed by atoms with van der Waals surface area (Å²) in [6, 6.07) is 5.63. The first-order valence-electron chi connectivity index (χ1n) is 7.41. The van der Waals surface area contributed by atoms with E-state index < -0.39 is 29.6 Å². The zero-order valence-corrected chi connectivity index (χ0v) is 13.9. The molecular weight excluding hydrogens is 314 g/mol. The van der Waals surface area contributed by atoms with Gasteiger partial charge in [-0.2, -0.15) is 0 Å². The van der Waals surface area contributed by atoms with Gasteiger partial charge < -0.3 is 19.2 Å². The van der Waals surface area contributed by atoms with E-state index in [1.54, 1.807) is 25.1 Å². The molecule has 1 heterocycles. The minimum absolute atomic E-state index is 0.379. The molecule has 0 spiro atoms. The van der Waals surface area contributed by atoms with Gasteiger partial charge in [0.1, 0.15) is 17.4 Å². The van der Waals surface area contributed by atoms with Gasteiger partial charge in [0.25, 0.3) is 5.91 Å². The Hall–Kier alpha value is -2.83. The molecule has 0 radical (unpaired) electrons. The van der Waals surface area contributed by atoms with Crippen LogP contribution in [-0.2, 0) is 14.3 Å². The fourth-order valence-corrected chi connectivity index (χ4v) is 2.20.